The SMILES string of the molecule is N#Cc1cccc(NC(=O)CN(Cc2ccc(Cl)cc2Cl)S(=O)(=O)c2ccccc2)c1. The van der Waals surface area contributed by atoms with Gasteiger partial charge in [0.25, 0.3) is 0 Å². The van der Waals surface area contributed by atoms with Crippen LogP contribution in [0.2, 0.25) is 10.0 Å². The van der Waals surface area contributed by atoms with Gasteiger partial charge in [-0.1, -0.05) is 53.5 Å². The van der Waals surface area contributed by atoms with E-state index in [0.29, 0.717) is 26.9 Å². The van der Waals surface area contributed by atoms with E-state index in [0.717, 1.165) is 4.31 Å². The van der Waals surface area contributed by atoms with Crippen LogP contribution >= 0.6 is 23.2 Å². The number of carbonyl (C=O) groups is 1. The van der Waals surface area contributed by atoms with Crippen LogP contribution in [0.3, 0.4) is 0 Å². The van der Waals surface area contributed by atoms with E-state index in [4.69, 9.17) is 28.5 Å². The highest BCUT2D eigenvalue weighted by Gasteiger charge is 2.27. The predicted molar refractivity (Wildman–Crippen MR) is 120 cm³/mol. The van der Waals surface area contributed by atoms with Crippen molar-refractivity contribution in [2.24, 2.45) is 0 Å². The van der Waals surface area contributed by atoms with Gasteiger partial charge >= 0.3 is 0 Å². The van der Waals surface area contributed by atoms with Gasteiger partial charge in [0.05, 0.1) is 23.1 Å². The summed E-state index contributed by atoms with van der Waals surface area (Å²) in [5.74, 6) is -0.556. The Morgan fingerprint density at radius 1 is 1.00 bits per heavy atom. The van der Waals surface area contributed by atoms with E-state index >= 15 is 0 Å². The molecule has 0 aliphatic carbocycles. The molecule has 0 atom stereocenters. The molecule has 0 aliphatic rings. The summed E-state index contributed by atoms with van der Waals surface area (Å²) >= 11 is 12.2. The molecule has 0 spiro atoms. The summed E-state index contributed by atoms with van der Waals surface area (Å²) in [6.45, 7) is -0.578. The van der Waals surface area contributed by atoms with Crippen molar-refractivity contribution in [3.8, 4) is 6.07 Å². The zero-order valence-electron chi connectivity index (χ0n) is 16.1. The van der Waals surface area contributed by atoms with E-state index in [2.05, 4.69) is 5.32 Å². The van der Waals surface area contributed by atoms with Crippen LogP contribution in [0.25, 0.3) is 0 Å². The Bertz CT molecular complexity index is 1240. The van der Waals surface area contributed by atoms with Gasteiger partial charge in [0.15, 0.2) is 0 Å². The molecule has 1 N–H and O–H groups in total. The number of halogens is 2. The van der Waals surface area contributed by atoms with Crippen LogP contribution in [-0.2, 0) is 21.4 Å². The third-order valence-corrected chi connectivity index (χ3v) is 6.73. The molecule has 0 fully saturated rings. The van der Waals surface area contributed by atoms with E-state index in [-0.39, 0.29) is 11.4 Å². The van der Waals surface area contributed by atoms with E-state index < -0.39 is 22.5 Å². The maximum Gasteiger partial charge on any atom is 0.243 e. The van der Waals surface area contributed by atoms with Crippen molar-refractivity contribution in [2.75, 3.05) is 11.9 Å². The number of nitrogens with one attached hydrogen (secondary N) is 1. The average molecular weight is 474 g/mol. The van der Waals surface area contributed by atoms with Crippen LogP contribution in [-0.4, -0.2) is 25.2 Å². The van der Waals surface area contributed by atoms with Gasteiger partial charge < -0.3 is 5.32 Å². The number of anilines is 1. The van der Waals surface area contributed by atoms with Gasteiger partial charge in [-0.2, -0.15) is 9.57 Å². The molecule has 0 unspecified atom stereocenters. The zero-order chi connectivity index (χ0) is 22.4. The Morgan fingerprint density at radius 3 is 2.42 bits per heavy atom. The van der Waals surface area contributed by atoms with Crippen LogP contribution in [0.4, 0.5) is 5.69 Å². The Kier molecular flexibility index (Phi) is 7.31. The maximum absolute atomic E-state index is 13.2. The monoisotopic (exact) mass is 473 g/mol. The number of rotatable bonds is 7. The lowest BCUT2D eigenvalue weighted by atomic mass is 10.2. The van der Waals surface area contributed by atoms with E-state index in [1.807, 2.05) is 6.07 Å². The molecule has 1 amide bonds. The van der Waals surface area contributed by atoms with Crippen molar-refractivity contribution in [1.82, 2.24) is 4.31 Å². The van der Waals surface area contributed by atoms with E-state index in [9.17, 15) is 13.2 Å². The number of nitrogens with zero attached hydrogens (tertiary/aromatic N) is 2. The van der Waals surface area contributed by atoms with Gasteiger partial charge in [-0.25, -0.2) is 8.42 Å². The fraction of sp³-hybridized carbons (Fsp3) is 0.0909. The van der Waals surface area contributed by atoms with Gasteiger partial charge in [-0.05, 0) is 48.0 Å². The molecule has 31 heavy (non-hydrogen) atoms. The second-order valence-corrected chi connectivity index (χ2v) is 9.34. The first-order chi connectivity index (χ1) is 14.8. The van der Waals surface area contributed by atoms with Crippen LogP contribution in [0.15, 0.2) is 77.7 Å². The molecule has 9 heteroatoms. The number of nitriles is 1. The smallest absolute Gasteiger partial charge is 0.243 e. The van der Waals surface area contributed by atoms with Crippen molar-refractivity contribution >= 4 is 44.8 Å². The quantitative estimate of drug-likeness (QED) is 0.538. The lowest BCUT2D eigenvalue weighted by Gasteiger charge is -2.22. The van der Waals surface area contributed by atoms with Crippen molar-refractivity contribution in [2.45, 2.75) is 11.4 Å². The molecule has 3 aromatic carbocycles. The van der Waals surface area contributed by atoms with E-state index in [1.54, 1.807) is 48.5 Å². The second kappa shape index (κ2) is 9.94. The molecule has 0 aliphatic heterocycles. The minimum Gasteiger partial charge on any atom is -0.325 e. The fourth-order valence-corrected chi connectivity index (χ4v) is 4.70. The summed E-state index contributed by atoms with van der Waals surface area (Å²) < 4.78 is 27.5. The van der Waals surface area contributed by atoms with E-state index in [1.165, 1.54) is 24.3 Å². The molecule has 0 saturated heterocycles. The van der Waals surface area contributed by atoms with Crippen LogP contribution in [0, 0.1) is 11.3 Å². The lowest BCUT2D eigenvalue weighted by molar-refractivity contribution is -0.116. The molecular formula is C22H17Cl2N3O3S. The zero-order valence-corrected chi connectivity index (χ0v) is 18.5. The molecule has 6 nitrogen and oxygen atoms in total. The van der Waals surface area contributed by atoms with Gasteiger partial charge in [-0.15, -0.1) is 0 Å². The first-order valence-corrected chi connectivity index (χ1v) is 11.3. The number of sulfonamides is 1. The van der Waals surface area contributed by atoms with Gasteiger partial charge in [0.1, 0.15) is 0 Å². The Balaban J connectivity index is 1.89. The molecule has 0 bridgehead atoms. The minimum atomic E-state index is -4.00. The summed E-state index contributed by atoms with van der Waals surface area (Å²) in [4.78, 5) is 12.7. The van der Waals surface area contributed by atoms with Gasteiger partial charge in [-0.3, -0.25) is 4.79 Å². The Hall–Kier alpha value is -2.89. The Morgan fingerprint density at radius 2 is 1.74 bits per heavy atom. The highest BCUT2D eigenvalue weighted by Crippen LogP contribution is 2.25. The first-order valence-electron chi connectivity index (χ1n) is 9.09. The average Bonchev–Trinajstić information content (AvgIpc) is 2.75. The number of hydrogen-bond acceptors (Lipinski definition) is 4. The highest BCUT2D eigenvalue weighted by atomic mass is 35.5. The van der Waals surface area contributed by atoms with Gasteiger partial charge in [0.2, 0.25) is 15.9 Å². The number of benzene rings is 3. The topological polar surface area (TPSA) is 90.3 Å². The highest BCUT2D eigenvalue weighted by molar-refractivity contribution is 7.89. The first kappa shape index (κ1) is 22.8. The summed E-state index contributed by atoms with van der Waals surface area (Å²) in [5, 5.41) is 12.4. The third-order valence-electron chi connectivity index (χ3n) is 4.34. The van der Waals surface area contributed by atoms with Crippen LogP contribution < -0.4 is 5.32 Å². The van der Waals surface area contributed by atoms with Crippen LogP contribution in [0.5, 0.6) is 0 Å². The molecular weight excluding hydrogens is 457 g/mol. The molecule has 3 rings (SSSR count). The normalized spacial score (nSPS) is 11.2. The second-order valence-electron chi connectivity index (χ2n) is 6.56. The number of hydrogen-bond donors (Lipinski definition) is 1. The fourth-order valence-electron chi connectivity index (χ4n) is 2.83. The lowest BCUT2D eigenvalue weighted by Crippen LogP contribution is -2.37. The number of amides is 1. The standard InChI is InChI=1S/C22H17Cl2N3O3S/c23-18-10-9-17(21(24)12-18)14-27(31(29,30)20-7-2-1-3-8-20)15-22(28)26-19-6-4-5-16(11-19)13-25/h1-12H,14-15H2,(H,26,28). The third kappa shape index (κ3) is 5.84. The minimum absolute atomic E-state index is 0.0550. The molecule has 3 aromatic rings. The van der Waals surface area contributed by atoms with Gasteiger partial charge in [0, 0.05) is 22.3 Å². The molecule has 0 aromatic heterocycles. The summed E-state index contributed by atoms with van der Waals surface area (Å²) in [6.07, 6.45) is 0. The van der Waals surface area contributed by atoms with Crippen molar-refractivity contribution in [3.63, 3.8) is 0 Å². The summed E-state index contributed by atoms with van der Waals surface area (Å²) in [5.41, 5.74) is 1.27. The molecule has 0 saturated carbocycles. The van der Waals surface area contributed by atoms with Crippen LogP contribution in [0.1, 0.15) is 11.1 Å². The molecule has 0 radical (unpaired) electrons. The summed E-state index contributed by atoms with van der Waals surface area (Å²) in [6, 6.07) is 20.9. The Labute approximate surface area is 190 Å². The largest absolute Gasteiger partial charge is 0.325 e. The number of carbonyl (C=O) groups excluding carboxylic acids is 1. The molecule has 158 valence electrons. The van der Waals surface area contributed by atoms with Crippen molar-refractivity contribution < 1.29 is 13.2 Å². The van der Waals surface area contributed by atoms with Crippen molar-refractivity contribution in [3.05, 3.63) is 94.0 Å². The maximum atomic E-state index is 13.2. The summed E-state index contributed by atoms with van der Waals surface area (Å²) in [7, 11) is -4.00. The van der Waals surface area contributed by atoms with Crippen molar-refractivity contribution in [1.29, 1.82) is 5.26 Å². The predicted octanol–water partition coefficient (Wildman–Crippen LogP) is 4.69. The molecule has 0 heterocycles.